The van der Waals surface area contributed by atoms with Crippen LogP contribution in [-0.4, -0.2) is 41.0 Å². The molecule has 2 saturated heterocycles. The van der Waals surface area contributed by atoms with E-state index < -0.39 is 0 Å². The summed E-state index contributed by atoms with van der Waals surface area (Å²) < 4.78 is 0. The van der Waals surface area contributed by atoms with E-state index >= 15 is 0 Å². The fraction of sp³-hybridized carbons (Fsp3) is 0.923. The van der Waals surface area contributed by atoms with E-state index in [1.165, 1.54) is 12.8 Å². The average molecular weight is 237 g/mol. The van der Waals surface area contributed by atoms with E-state index in [9.17, 15) is 4.79 Å². The Morgan fingerprint density at radius 1 is 1.24 bits per heavy atom. The Kier molecular flexibility index (Phi) is 2.87. The van der Waals surface area contributed by atoms with Crippen LogP contribution in [0.2, 0.25) is 0 Å². The van der Waals surface area contributed by atoms with Gasteiger partial charge in [0.2, 0.25) is 5.91 Å². The highest BCUT2D eigenvalue weighted by Gasteiger charge is 2.44. The van der Waals surface area contributed by atoms with Gasteiger partial charge in [-0.2, -0.15) is 0 Å². The van der Waals surface area contributed by atoms with Crippen LogP contribution in [-0.2, 0) is 4.79 Å². The number of nitrogens with two attached hydrogens (primary N) is 1. The molecule has 2 bridgehead atoms. The van der Waals surface area contributed by atoms with E-state index in [1.807, 2.05) is 0 Å². The molecular formula is C13H23N3O. The molecule has 96 valence electrons. The highest BCUT2D eigenvalue weighted by Crippen LogP contribution is 2.36. The summed E-state index contributed by atoms with van der Waals surface area (Å²) in [6, 6.07) is 1.94. The number of fused-ring (bicyclic) bond motifs is 2. The topological polar surface area (TPSA) is 58.4 Å². The maximum atomic E-state index is 12.1. The minimum atomic E-state index is 0.0283. The number of piperidine rings is 1. The van der Waals surface area contributed by atoms with Crippen LogP contribution in [0, 0.1) is 0 Å². The van der Waals surface area contributed by atoms with Gasteiger partial charge in [-0.3, -0.25) is 9.69 Å². The minimum absolute atomic E-state index is 0.0283. The Balaban J connectivity index is 1.65. The average Bonchev–Trinajstić information content (AvgIpc) is 3.04. The summed E-state index contributed by atoms with van der Waals surface area (Å²) in [6.07, 6.45) is 6.90. The zero-order valence-corrected chi connectivity index (χ0v) is 10.6. The zero-order valence-electron chi connectivity index (χ0n) is 10.6. The van der Waals surface area contributed by atoms with Crippen LogP contribution in [0.4, 0.5) is 0 Å². The minimum Gasteiger partial charge on any atom is -0.352 e. The van der Waals surface area contributed by atoms with Crippen molar-refractivity contribution in [2.45, 2.75) is 75.7 Å². The van der Waals surface area contributed by atoms with Gasteiger partial charge in [0.1, 0.15) is 0 Å². The van der Waals surface area contributed by atoms with E-state index in [4.69, 9.17) is 5.73 Å². The summed E-state index contributed by atoms with van der Waals surface area (Å²) >= 11 is 0. The molecule has 3 atom stereocenters. The molecule has 17 heavy (non-hydrogen) atoms. The Morgan fingerprint density at radius 3 is 2.35 bits per heavy atom. The molecule has 3 unspecified atom stereocenters. The molecule has 1 aliphatic carbocycles. The van der Waals surface area contributed by atoms with Crippen molar-refractivity contribution in [2.24, 2.45) is 5.73 Å². The fourth-order valence-electron chi connectivity index (χ4n) is 3.57. The monoisotopic (exact) mass is 237 g/mol. The lowest BCUT2D eigenvalue weighted by Crippen LogP contribution is -2.55. The Labute approximate surface area is 103 Å². The predicted molar refractivity (Wildman–Crippen MR) is 66.5 cm³/mol. The third-order valence-corrected chi connectivity index (χ3v) is 4.58. The van der Waals surface area contributed by atoms with Crippen molar-refractivity contribution < 1.29 is 4.79 Å². The molecular weight excluding hydrogens is 214 g/mol. The van der Waals surface area contributed by atoms with Gasteiger partial charge >= 0.3 is 0 Å². The van der Waals surface area contributed by atoms with Gasteiger partial charge in [-0.05, 0) is 45.4 Å². The van der Waals surface area contributed by atoms with Crippen molar-refractivity contribution in [3.05, 3.63) is 0 Å². The number of carbonyl (C=O) groups excluding carboxylic acids is 1. The van der Waals surface area contributed by atoms with Crippen molar-refractivity contribution in [1.29, 1.82) is 0 Å². The molecule has 0 spiro atoms. The van der Waals surface area contributed by atoms with Crippen LogP contribution in [0.15, 0.2) is 0 Å². The lowest BCUT2D eigenvalue weighted by Gasteiger charge is -2.40. The lowest BCUT2D eigenvalue weighted by molar-refractivity contribution is -0.128. The molecule has 1 saturated carbocycles. The third kappa shape index (κ3) is 2.20. The summed E-state index contributed by atoms with van der Waals surface area (Å²) in [5.74, 6) is 0.222. The number of carbonyl (C=O) groups is 1. The number of nitrogens with one attached hydrogen (secondary N) is 1. The molecule has 4 heteroatoms. The Bertz CT molecular complexity index is 302. The first-order valence-electron chi connectivity index (χ1n) is 6.98. The quantitative estimate of drug-likeness (QED) is 0.756. The van der Waals surface area contributed by atoms with Gasteiger partial charge in [0.05, 0.1) is 6.04 Å². The SMILES string of the molecule is CC(C(=O)NC1CC1)N1C2CCC1CC(N)C2. The maximum absolute atomic E-state index is 12.1. The second-order valence-electron chi connectivity index (χ2n) is 6.02. The lowest BCUT2D eigenvalue weighted by atomic mass is 9.96. The largest absolute Gasteiger partial charge is 0.352 e. The molecule has 0 radical (unpaired) electrons. The molecule has 0 aromatic rings. The first-order valence-corrected chi connectivity index (χ1v) is 6.98. The van der Waals surface area contributed by atoms with Crippen LogP contribution in [0.1, 0.15) is 45.4 Å². The molecule has 2 heterocycles. The van der Waals surface area contributed by atoms with E-state index in [0.29, 0.717) is 24.2 Å². The van der Waals surface area contributed by atoms with E-state index in [1.54, 1.807) is 0 Å². The zero-order chi connectivity index (χ0) is 12.0. The summed E-state index contributed by atoms with van der Waals surface area (Å²) in [6.45, 7) is 2.06. The summed E-state index contributed by atoms with van der Waals surface area (Å²) in [4.78, 5) is 14.5. The number of amides is 1. The molecule has 2 aliphatic heterocycles. The summed E-state index contributed by atoms with van der Waals surface area (Å²) in [5, 5.41) is 3.12. The van der Waals surface area contributed by atoms with Crippen molar-refractivity contribution in [2.75, 3.05) is 0 Å². The number of rotatable bonds is 3. The highest BCUT2D eigenvalue weighted by molar-refractivity contribution is 5.82. The van der Waals surface area contributed by atoms with Gasteiger partial charge in [-0.25, -0.2) is 0 Å². The van der Waals surface area contributed by atoms with Crippen molar-refractivity contribution in [3.63, 3.8) is 0 Å². The molecule has 3 fully saturated rings. The molecule has 4 nitrogen and oxygen atoms in total. The molecule has 0 aromatic heterocycles. The van der Waals surface area contributed by atoms with Gasteiger partial charge in [0.15, 0.2) is 0 Å². The van der Waals surface area contributed by atoms with Crippen LogP contribution >= 0.6 is 0 Å². The second-order valence-corrected chi connectivity index (χ2v) is 6.02. The second kappa shape index (κ2) is 4.25. The van der Waals surface area contributed by atoms with Gasteiger partial charge in [-0.15, -0.1) is 0 Å². The molecule has 3 N–H and O–H groups in total. The number of nitrogens with zero attached hydrogens (tertiary/aromatic N) is 1. The van der Waals surface area contributed by atoms with Gasteiger partial charge in [-0.1, -0.05) is 0 Å². The van der Waals surface area contributed by atoms with Crippen molar-refractivity contribution in [1.82, 2.24) is 10.2 Å². The van der Waals surface area contributed by atoms with E-state index in [0.717, 1.165) is 25.7 Å². The molecule has 0 aromatic carbocycles. The van der Waals surface area contributed by atoms with Crippen LogP contribution < -0.4 is 11.1 Å². The normalized spacial score (nSPS) is 39.1. The Morgan fingerprint density at radius 2 is 1.82 bits per heavy atom. The van der Waals surface area contributed by atoms with Gasteiger partial charge < -0.3 is 11.1 Å². The van der Waals surface area contributed by atoms with Gasteiger partial charge in [0.25, 0.3) is 0 Å². The van der Waals surface area contributed by atoms with E-state index in [-0.39, 0.29) is 11.9 Å². The molecule has 1 amide bonds. The first kappa shape index (κ1) is 11.5. The first-order chi connectivity index (χ1) is 8.15. The smallest absolute Gasteiger partial charge is 0.237 e. The third-order valence-electron chi connectivity index (χ3n) is 4.58. The van der Waals surface area contributed by atoms with Crippen LogP contribution in [0.5, 0.6) is 0 Å². The van der Waals surface area contributed by atoms with Crippen molar-refractivity contribution >= 4 is 5.91 Å². The molecule has 3 aliphatic rings. The maximum Gasteiger partial charge on any atom is 0.237 e. The number of hydrogen-bond acceptors (Lipinski definition) is 3. The fourth-order valence-corrected chi connectivity index (χ4v) is 3.57. The standard InChI is InChI=1S/C13H23N3O/c1-8(13(17)15-10-2-3-10)16-11-4-5-12(16)7-9(14)6-11/h8-12H,2-7,14H2,1H3,(H,15,17). The molecule has 3 rings (SSSR count). The summed E-state index contributed by atoms with van der Waals surface area (Å²) in [7, 11) is 0. The van der Waals surface area contributed by atoms with E-state index in [2.05, 4.69) is 17.1 Å². The van der Waals surface area contributed by atoms with Gasteiger partial charge in [0, 0.05) is 24.2 Å². The predicted octanol–water partition coefficient (Wildman–Crippen LogP) is 0.608. The van der Waals surface area contributed by atoms with Crippen LogP contribution in [0.25, 0.3) is 0 Å². The van der Waals surface area contributed by atoms with Crippen LogP contribution in [0.3, 0.4) is 0 Å². The highest BCUT2D eigenvalue weighted by atomic mass is 16.2. The number of hydrogen-bond donors (Lipinski definition) is 2. The van der Waals surface area contributed by atoms with Crippen molar-refractivity contribution in [3.8, 4) is 0 Å². The summed E-state index contributed by atoms with van der Waals surface area (Å²) in [5.41, 5.74) is 6.06. The Hall–Kier alpha value is -0.610.